The first-order valence-corrected chi connectivity index (χ1v) is 9.66. The maximum absolute atomic E-state index is 12.3. The van der Waals surface area contributed by atoms with Gasteiger partial charge in [-0.05, 0) is 55.2 Å². The van der Waals surface area contributed by atoms with Crippen LogP contribution in [0.1, 0.15) is 12.8 Å². The molecule has 1 aliphatic carbocycles. The van der Waals surface area contributed by atoms with E-state index < -0.39 is 5.97 Å². The smallest absolute Gasteiger partial charge is 0.329 e. The molecule has 4 rings (SSSR count). The van der Waals surface area contributed by atoms with Gasteiger partial charge < -0.3 is 19.0 Å². The molecule has 150 valence electrons. The second kappa shape index (κ2) is 8.27. The Morgan fingerprint density at radius 1 is 1.17 bits per heavy atom. The van der Waals surface area contributed by atoms with Crippen LogP contribution in [0, 0.1) is 5.92 Å². The number of rotatable bonds is 7. The topological polar surface area (TPSA) is 86.0 Å². The van der Waals surface area contributed by atoms with Gasteiger partial charge in [-0.3, -0.25) is 4.79 Å². The van der Waals surface area contributed by atoms with E-state index in [1.165, 1.54) is 6.07 Å². The lowest BCUT2D eigenvalue weighted by Gasteiger charge is -2.34. The largest absolute Gasteiger partial charge is 0.493 e. The normalized spacial score (nSPS) is 18.4. The number of fused-ring (bicyclic) bond motifs is 1. The van der Waals surface area contributed by atoms with Gasteiger partial charge >= 0.3 is 5.97 Å². The Morgan fingerprint density at radius 3 is 2.66 bits per heavy atom. The molecule has 29 heavy (non-hydrogen) atoms. The minimum Gasteiger partial charge on any atom is -0.493 e. The molecule has 6 nitrogen and oxygen atoms in total. The molecule has 1 aliphatic rings. The van der Waals surface area contributed by atoms with E-state index in [1.807, 2.05) is 24.3 Å². The molecule has 1 N–H and O–H groups in total. The number of hydrogen-bond donors (Lipinski definition) is 1. The van der Waals surface area contributed by atoms with Gasteiger partial charge in [0.1, 0.15) is 18.1 Å². The van der Waals surface area contributed by atoms with Crippen LogP contribution in [0.4, 0.5) is 0 Å². The number of carbonyl (C=O) groups is 1. The van der Waals surface area contributed by atoms with Crippen molar-refractivity contribution in [1.82, 2.24) is 0 Å². The molecule has 0 aliphatic heterocycles. The van der Waals surface area contributed by atoms with Gasteiger partial charge in [-0.1, -0.05) is 17.7 Å². The van der Waals surface area contributed by atoms with Crippen LogP contribution in [0.5, 0.6) is 5.75 Å². The maximum Gasteiger partial charge on any atom is 0.329 e. The van der Waals surface area contributed by atoms with E-state index in [4.69, 9.17) is 30.6 Å². The van der Waals surface area contributed by atoms with Crippen LogP contribution in [-0.2, 0) is 9.53 Å². The average molecular weight is 415 g/mol. The second-order valence-corrected chi connectivity index (χ2v) is 7.50. The second-order valence-electron chi connectivity index (χ2n) is 7.09. The van der Waals surface area contributed by atoms with Gasteiger partial charge in [0.2, 0.25) is 0 Å². The van der Waals surface area contributed by atoms with E-state index in [1.54, 1.807) is 18.2 Å². The highest BCUT2D eigenvalue weighted by molar-refractivity contribution is 6.34. The molecule has 1 heterocycles. The van der Waals surface area contributed by atoms with Gasteiger partial charge in [-0.2, -0.15) is 0 Å². The number of hydrogen-bond acceptors (Lipinski definition) is 5. The predicted molar refractivity (Wildman–Crippen MR) is 109 cm³/mol. The third-order valence-electron chi connectivity index (χ3n) is 4.97. The van der Waals surface area contributed by atoms with Gasteiger partial charge in [-0.15, -0.1) is 0 Å². The summed E-state index contributed by atoms with van der Waals surface area (Å²) in [6.45, 7) is 0.294. The van der Waals surface area contributed by atoms with Crippen molar-refractivity contribution in [3.63, 3.8) is 0 Å². The summed E-state index contributed by atoms with van der Waals surface area (Å²) in [5, 5.41) is 9.45. The molecule has 0 radical (unpaired) electrons. The fourth-order valence-corrected chi connectivity index (χ4v) is 3.56. The van der Waals surface area contributed by atoms with Gasteiger partial charge in [-0.25, -0.2) is 4.79 Å². The van der Waals surface area contributed by atoms with Gasteiger partial charge in [0.25, 0.3) is 0 Å². The standard InChI is InChI=1S/C22H19ClO6/c23-18-3-1-2-17-19(24)10-20(29-22(17)18)14-4-6-15(7-5-14)27-11-13-8-16(9-13)28-12-21(25)26/h1-7,10,13,16H,8-9,11-12H2,(H,25,26). The van der Waals surface area contributed by atoms with E-state index in [-0.39, 0.29) is 18.1 Å². The Hall–Kier alpha value is -2.83. The van der Waals surface area contributed by atoms with Crippen LogP contribution in [0.2, 0.25) is 5.02 Å². The van der Waals surface area contributed by atoms with Crippen molar-refractivity contribution in [2.24, 2.45) is 5.92 Å². The molecule has 0 unspecified atom stereocenters. The zero-order valence-corrected chi connectivity index (χ0v) is 16.2. The van der Waals surface area contributed by atoms with Crippen molar-refractivity contribution in [2.75, 3.05) is 13.2 Å². The minimum atomic E-state index is -0.950. The predicted octanol–water partition coefficient (Wildman–Crippen LogP) is 4.37. The average Bonchev–Trinajstić information content (AvgIpc) is 2.67. The number of carboxylic acid groups (broad SMARTS) is 1. The molecule has 0 spiro atoms. The van der Waals surface area contributed by atoms with Gasteiger partial charge in [0, 0.05) is 11.6 Å². The molecule has 0 bridgehead atoms. The van der Waals surface area contributed by atoms with Gasteiger partial charge in [0.15, 0.2) is 11.0 Å². The molecular weight excluding hydrogens is 396 g/mol. The third-order valence-corrected chi connectivity index (χ3v) is 5.26. The zero-order chi connectivity index (χ0) is 20.4. The summed E-state index contributed by atoms with van der Waals surface area (Å²) < 4.78 is 16.9. The Kier molecular flexibility index (Phi) is 5.56. The monoisotopic (exact) mass is 414 g/mol. The first-order chi connectivity index (χ1) is 14.0. The highest BCUT2D eigenvalue weighted by Gasteiger charge is 2.30. The van der Waals surface area contributed by atoms with E-state index in [0.717, 1.165) is 18.4 Å². The Balaban J connectivity index is 1.38. The number of halogens is 1. The van der Waals surface area contributed by atoms with Crippen LogP contribution in [0.3, 0.4) is 0 Å². The lowest BCUT2D eigenvalue weighted by atomic mass is 9.83. The molecule has 2 aromatic carbocycles. The summed E-state index contributed by atoms with van der Waals surface area (Å²) in [6.07, 6.45) is 1.60. The van der Waals surface area contributed by atoms with Crippen molar-refractivity contribution in [2.45, 2.75) is 18.9 Å². The van der Waals surface area contributed by atoms with Crippen molar-refractivity contribution in [1.29, 1.82) is 0 Å². The Bertz CT molecular complexity index is 1080. The fourth-order valence-electron chi connectivity index (χ4n) is 3.35. The number of carboxylic acids is 1. The molecule has 0 amide bonds. The summed E-state index contributed by atoms with van der Waals surface area (Å²) in [6, 6.07) is 13.9. The summed E-state index contributed by atoms with van der Waals surface area (Å²) >= 11 is 6.16. The zero-order valence-electron chi connectivity index (χ0n) is 15.5. The summed E-state index contributed by atoms with van der Waals surface area (Å²) in [4.78, 5) is 22.8. The lowest BCUT2D eigenvalue weighted by Crippen LogP contribution is -2.36. The van der Waals surface area contributed by atoms with Crippen molar-refractivity contribution < 1.29 is 23.8 Å². The first-order valence-electron chi connectivity index (χ1n) is 9.28. The van der Waals surface area contributed by atoms with Crippen LogP contribution in [0.25, 0.3) is 22.3 Å². The van der Waals surface area contributed by atoms with Gasteiger partial charge in [0.05, 0.1) is 23.1 Å². The van der Waals surface area contributed by atoms with Crippen molar-refractivity contribution in [3.8, 4) is 17.1 Å². The Morgan fingerprint density at radius 2 is 1.93 bits per heavy atom. The highest BCUT2D eigenvalue weighted by atomic mass is 35.5. The molecular formula is C22H19ClO6. The van der Waals surface area contributed by atoms with E-state index in [2.05, 4.69) is 0 Å². The van der Waals surface area contributed by atoms with E-state index in [0.29, 0.717) is 40.0 Å². The van der Waals surface area contributed by atoms with Crippen LogP contribution < -0.4 is 10.2 Å². The minimum absolute atomic E-state index is 0.00435. The Labute approximate surface area is 171 Å². The van der Waals surface area contributed by atoms with E-state index >= 15 is 0 Å². The quantitative estimate of drug-likeness (QED) is 0.617. The van der Waals surface area contributed by atoms with Crippen molar-refractivity contribution in [3.05, 3.63) is 63.8 Å². The third kappa shape index (κ3) is 4.44. The lowest BCUT2D eigenvalue weighted by molar-refractivity contribution is -0.147. The molecule has 1 fully saturated rings. The summed E-state index contributed by atoms with van der Waals surface area (Å²) in [5.74, 6) is 0.563. The fraction of sp³-hybridized carbons (Fsp3) is 0.273. The number of aliphatic carboxylic acids is 1. The van der Waals surface area contributed by atoms with Crippen molar-refractivity contribution >= 4 is 28.5 Å². The highest BCUT2D eigenvalue weighted by Crippen LogP contribution is 2.31. The van der Waals surface area contributed by atoms with Crippen LogP contribution >= 0.6 is 11.6 Å². The number of ether oxygens (including phenoxy) is 2. The van der Waals surface area contributed by atoms with Crippen LogP contribution in [-0.4, -0.2) is 30.4 Å². The number of para-hydroxylation sites is 1. The molecule has 7 heteroatoms. The first kappa shape index (κ1) is 19.5. The molecule has 1 saturated carbocycles. The molecule has 0 saturated heterocycles. The molecule has 3 aromatic rings. The maximum atomic E-state index is 12.3. The van der Waals surface area contributed by atoms with E-state index in [9.17, 15) is 9.59 Å². The summed E-state index contributed by atoms with van der Waals surface area (Å²) in [5.41, 5.74) is 0.984. The molecule has 1 aromatic heterocycles. The number of benzene rings is 2. The molecule has 0 atom stereocenters. The SMILES string of the molecule is O=C(O)COC1CC(COc2ccc(-c3cc(=O)c4cccc(Cl)c4o3)cc2)C1. The summed E-state index contributed by atoms with van der Waals surface area (Å²) in [7, 11) is 0. The van der Waals surface area contributed by atoms with Crippen LogP contribution in [0.15, 0.2) is 57.7 Å².